The van der Waals surface area contributed by atoms with Gasteiger partial charge in [0.1, 0.15) is 11.5 Å². The van der Waals surface area contributed by atoms with E-state index in [0.29, 0.717) is 33.5 Å². The number of anilines is 2. The lowest BCUT2D eigenvalue weighted by atomic mass is 10.1. The zero-order valence-electron chi connectivity index (χ0n) is 11.6. The molecular weight excluding hydrogens is 292 g/mol. The van der Waals surface area contributed by atoms with Gasteiger partial charge in [0, 0.05) is 11.8 Å². The van der Waals surface area contributed by atoms with Crippen molar-refractivity contribution >= 4 is 28.9 Å². The van der Waals surface area contributed by atoms with Crippen molar-refractivity contribution in [3.8, 4) is 11.5 Å². The maximum Gasteiger partial charge on any atom is 0.259 e. The lowest BCUT2D eigenvalue weighted by molar-refractivity contribution is 0.102. The van der Waals surface area contributed by atoms with Gasteiger partial charge in [0.05, 0.1) is 30.5 Å². The van der Waals surface area contributed by atoms with Gasteiger partial charge in [0.2, 0.25) is 0 Å². The van der Waals surface area contributed by atoms with Crippen molar-refractivity contribution in [1.82, 2.24) is 0 Å². The third-order valence-electron chi connectivity index (χ3n) is 2.89. The lowest BCUT2D eigenvalue weighted by Crippen LogP contribution is -2.13. The van der Waals surface area contributed by atoms with E-state index in [-0.39, 0.29) is 5.91 Å². The molecule has 0 aliphatic carbocycles. The molecule has 0 saturated carbocycles. The third-order valence-corrected chi connectivity index (χ3v) is 3.22. The molecule has 0 aliphatic rings. The van der Waals surface area contributed by atoms with Gasteiger partial charge < -0.3 is 20.5 Å². The van der Waals surface area contributed by atoms with E-state index in [1.165, 1.54) is 7.11 Å². The van der Waals surface area contributed by atoms with Crippen molar-refractivity contribution in [2.45, 2.75) is 0 Å². The number of benzene rings is 2. The number of hydrogen-bond donors (Lipinski definition) is 2. The highest BCUT2D eigenvalue weighted by atomic mass is 35.5. The van der Waals surface area contributed by atoms with Gasteiger partial charge in [-0.1, -0.05) is 11.6 Å². The molecule has 0 atom stereocenters. The molecule has 0 fully saturated rings. The summed E-state index contributed by atoms with van der Waals surface area (Å²) in [5, 5.41) is 3.12. The molecule has 0 spiro atoms. The average Bonchev–Trinajstić information content (AvgIpc) is 2.50. The third kappa shape index (κ3) is 3.38. The SMILES string of the molecule is COc1ccc(C(=O)Nc2cc(N)ccc2Cl)c(OC)c1. The van der Waals surface area contributed by atoms with Gasteiger partial charge in [-0.25, -0.2) is 0 Å². The molecule has 0 aliphatic heterocycles. The first-order valence-corrected chi connectivity index (χ1v) is 6.51. The molecule has 0 radical (unpaired) electrons. The van der Waals surface area contributed by atoms with E-state index in [0.717, 1.165) is 0 Å². The summed E-state index contributed by atoms with van der Waals surface area (Å²) in [5.74, 6) is 0.666. The summed E-state index contributed by atoms with van der Waals surface area (Å²) in [6.45, 7) is 0. The van der Waals surface area contributed by atoms with E-state index in [4.69, 9.17) is 26.8 Å². The van der Waals surface area contributed by atoms with Crippen LogP contribution in [0.5, 0.6) is 11.5 Å². The van der Waals surface area contributed by atoms with Crippen LogP contribution in [0.1, 0.15) is 10.4 Å². The fraction of sp³-hybridized carbons (Fsp3) is 0.133. The van der Waals surface area contributed by atoms with Crippen LogP contribution >= 0.6 is 11.6 Å². The monoisotopic (exact) mass is 306 g/mol. The summed E-state index contributed by atoms with van der Waals surface area (Å²) in [7, 11) is 3.03. The summed E-state index contributed by atoms with van der Waals surface area (Å²) in [6.07, 6.45) is 0. The predicted molar refractivity (Wildman–Crippen MR) is 83.4 cm³/mol. The zero-order chi connectivity index (χ0) is 15.4. The standard InChI is InChI=1S/C15H15ClN2O3/c1-20-10-4-5-11(14(8-10)21-2)15(19)18-13-7-9(17)3-6-12(13)16/h3-8H,17H2,1-2H3,(H,18,19). The van der Waals surface area contributed by atoms with Crippen molar-refractivity contribution in [2.24, 2.45) is 0 Å². The van der Waals surface area contributed by atoms with Crippen LogP contribution in [-0.2, 0) is 0 Å². The normalized spacial score (nSPS) is 10.0. The number of carbonyl (C=O) groups is 1. The number of methoxy groups -OCH3 is 2. The molecule has 2 rings (SSSR count). The summed E-state index contributed by atoms with van der Waals surface area (Å²) < 4.78 is 10.3. The Hall–Kier alpha value is -2.40. The van der Waals surface area contributed by atoms with Crippen LogP contribution in [0.2, 0.25) is 5.02 Å². The predicted octanol–water partition coefficient (Wildman–Crippen LogP) is 3.19. The van der Waals surface area contributed by atoms with Crippen molar-refractivity contribution < 1.29 is 14.3 Å². The number of amides is 1. The summed E-state index contributed by atoms with van der Waals surface area (Å²) >= 11 is 6.03. The first-order valence-electron chi connectivity index (χ1n) is 6.13. The minimum Gasteiger partial charge on any atom is -0.497 e. The molecule has 2 aromatic rings. The zero-order valence-corrected chi connectivity index (χ0v) is 12.4. The Morgan fingerprint density at radius 1 is 1.14 bits per heavy atom. The molecule has 5 nitrogen and oxygen atoms in total. The van der Waals surface area contributed by atoms with Crippen molar-refractivity contribution in [3.05, 3.63) is 47.0 Å². The summed E-state index contributed by atoms with van der Waals surface area (Å²) in [4.78, 5) is 12.3. The molecule has 110 valence electrons. The van der Waals surface area contributed by atoms with Crippen LogP contribution in [0.15, 0.2) is 36.4 Å². The number of nitrogens with two attached hydrogens (primary N) is 1. The van der Waals surface area contributed by atoms with Crippen LogP contribution in [0, 0.1) is 0 Å². The molecule has 0 unspecified atom stereocenters. The molecular formula is C15H15ClN2O3. The Bertz CT molecular complexity index is 674. The number of nitrogens with one attached hydrogen (secondary N) is 1. The average molecular weight is 307 g/mol. The highest BCUT2D eigenvalue weighted by Crippen LogP contribution is 2.28. The number of carbonyl (C=O) groups excluding carboxylic acids is 1. The summed E-state index contributed by atoms with van der Waals surface area (Å²) in [6, 6.07) is 9.81. The first-order chi connectivity index (χ1) is 10.0. The second kappa shape index (κ2) is 6.37. The Morgan fingerprint density at radius 3 is 2.57 bits per heavy atom. The van der Waals surface area contributed by atoms with E-state index in [1.54, 1.807) is 43.5 Å². The van der Waals surface area contributed by atoms with E-state index >= 15 is 0 Å². The summed E-state index contributed by atoms with van der Waals surface area (Å²) in [5.41, 5.74) is 7.01. The molecule has 21 heavy (non-hydrogen) atoms. The van der Waals surface area contributed by atoms with Gasteiger partial charge in [-0.3, -0.25) is 4.79 Å². The molecule has 3 N–H and O–H groups in total. The van der Waals surface area contributed by atoms with E-state index in [1.807, 2.05) is 0 Å². The van der Waals surface area contributed by atoms with Gasteiger partial charge in [-0.2, -0.15) is 0 Å². The van der Waals surface area contributed by atoms with Gasteiger partial charge in [-0.05, 0) is 30.3 Å². The fourth-order valence-corrected chi connectivity index (χ4v) is 1.98. The van der Waals surface area contributed by atoms with E-state index in [2.05, 4.69) is 5.32 Å². The van der Waals surface area contributed by atoms with Crippen LogP contribution < -0.4 is 20.5 Å². The number of halogens is 1. The Balaban J connectivity index is 2.30. The largest absolute Gasteiger partial charge is 0.497 e. The Labute approximate surface area is 127 Å². The highest BCUT2D eigenvalue weighted by molar-refractivity contribution is 6.34. The molecule has 0 saturated heterocycles. The Kier molecular flexibility index (Phi) is 4.55. The minimum atomic E-state index is -0.345. The molecule has 2 aromatic carbocycles. The van der Waals surface area contributed by atoms with Crippen LogP contribution in [-0.4, -0.2) is 20.1 Å². The smallest absolute Gasteiger partial charge is 0.259 e. The minimum absolute atomic E-state index is 0.345. The second-order valence-electron chi connectivity index (χ2n) is 4.26. The number of rotatable bonds is 4. The molecule has 0 heterocycles. The maximum atomic E-state index is 12.3. The van der Waals surface area contributed by atoms with Gasteiger partial charge in [-0.15, -0.1) is 0 Å². The lowest BCUT2D eigenvalue weighted by Gasteiger charge is -2.12. The van der Waals surface area contributed by atoms with Crippen LogP contribution in [0.4, 0.5) is 11.4 Å². The highest BCUT2D eigenvalue weighted by Gasteiger charge is 2.14. The van der Waals surface area contributed by atoms with Crippen LogP contribution in [0.3, 0.4) is 0 Å². The fourth-order valence-electron chi connectivity index (χ4n) is 1.81. The molecule has 0 aromatic heterocycles. The van der Waals surface area contributed by atoms with E-state index < -0.39 is 0 Å². The Morgan fingerprint density at radius 2 is 1.90 bits per heavy atom. The second-order valence-corrected chi connectivity index (χ2v) is 4.67. The number of nitrogen functional groups attached to an aromatic ring is 1. The topological polar surface area (TPSA) is 73.6 Å². The molecule has 6 heteroatoms. The molecule has 1 amide bonds. The maximum absolute atomic E-state index is 12.3. The molecule has 0 bridgehead atoms. The van der Waals surface area contributed by atoms with Gasteiger partial charge >= 0.3 is 0 Å². The quantitative estimate of drug-likeness (QED) is 0.851. The number of ether oxygens (including phenoxy) is 2. The van der Waals surface area contributed by atoms with E-state index in [9.17, 15) is 4.79 Å². The van der Waals surface area contributed by atoms with Crippen molar-refractivity contribution in [1.29, 1.82) is 0 Å². The van der Waals surface area contributed by atoms with Gasteiger partial charge in [0.15, 0.2) is 0 Å². The van der Waals surface area contributed by atoms with Crippen molar-refractivity contribution in [3.63, 3.8) is 0 Å². The van der Waals surface area contributed by atoms with Gasteiger partial charge in [0.25, 0.3) is 5.91 Å². The number of hydrogen-bond acceptors (Lipinski definition) is 4. The van der Waals surface area contributed by atoms with Crippen molar-refractivity contribution in [2.75, 3.05) is 25.3 Å². The first kappa shape index (κ1) is 15.0. The van der Waals surface area contributed by atoms with Crippen LogP contribution in [0.25, 0.3) is 0 Å².